The zero-order chi connectivity index (χ0) is 15.1. The molecule has 0 aliphatic carbocycles. The van der Waals surface area contributed by atoms with E-state index in [2.05, 4.69) is 32.1 Å². The van der Waals surface area contributed by atoms with E-state index in [0.717, 1.165) is 19.3 Å². The van der Waals surface area contributed by atoms with E-state index in [1.54, 1.807) is 12.3 Å². The Balaban J connectivity index is 2.00. The van der Waals surface area contributed by atoms with Gasteiger partial charge in [0, 0.05) is 24.4 Å². The number of rotatable bonds is 5. The molecule has 3 N–H and O–H groups in total. The third kappa shape index (κ3) is 4.20. The zero-order valence-corrected chi connectivity index (χ0v) is 11.9. The minimum absolute atomic E-state index is 0.152. The van der Waals surface area contributed by atoms with Crippen LogP contribution in [0.2, 0.25) is 0 Å². The first kappa shape index (κ1) is 14.8. The highest BCUT2D eigenvalue weighted by molar-refractivity contribution is 6.15. The van der Waals surface area contributed by atoms with Crippen LogP contribution < -0.4 is 11.3 Å². The van der Waals surface area contributed by atoms with Crippen LogP contribution in [0.1, 0.15) is 31.9 Å². The van der Waals surface area contributed by atoms with E-state index in [9.17, 15) is 4.79 Å². The summed E-state index contributed by atoms with van der Waals surface area (Å²) in [7, 11) is 0. The Hall–Kier alpha value is -2.57. The van der Waals surface area contributed by atoms with Crippen LogP contribution in [-0.2, 0) is 0 Å². The predicted molar refractivity (Wildman–Crippen MR) is 84.1 cm³/mol. The van der Waals surface area contributed by atoms with Gasteiger partial charge in [0.25, 0.3) is 0 Å². The number of unbranched alkanes of at least 4 members (excludes halogenated alkanes) is 2. The van der Waals surface area contributed by atoms with Crippen molar-refractivity contribution in [1.29, 1.82) is 0 Å². The number of guanidine groups is 1. The van der Waals surface area contributed by atoms with E-state index in [4.69, 9.17) is 5.73 Å². The second kappa shape index (κ2) is 7.28. The Labute approximate surface area is 122 Å². The summed E-state index contributed by atoms with van der Waals surface area (Å²) in [5.41, 5.74) is 7.48. The average Bonchev–Trinajstić information content (AvgIpc) is 2.86. The fourth-order valence-corrected chi connectivity index (χ4v) is 1.83. The first-order valence-corrected chi connectivity index (χ1v) is 6.89. The Morgan fingerprint density at radius 2 is 2.29 bits per heavy atom. The summed E-state index contributed by atoms with van der Waals surface area (Å²) in [4.78, 5) is 22.3. The van der Waals surface area contributed by atoms with Gasteiger partial charge in [0.15, 0.2) is 0 Å². The second-order valence-corrected chi connectivity index (χ2v) is 4.59. The number of allylic oxidation sites excluding steroid dienone is 1. The molecule has 0 fully saturated rings. The minimum atomic E-state index is -0.181. The molecule has 0 radical (unpaired) electrons. The standard InChI is InChI=1S/C14H18N6O/c1-2-3-4-7-16-14(15)20-18-9-10-8-17-11-5-6-12(21)19-13(10)11/h5-6,8-9H,2-4,7H2,1H3,(H2,15,16)(H,19,21). The highest BCUT2D eigenvalue weighted by atomic mass is 16.1. The Morgan fingerprint density at radius 3 is 3.10 bits per heavy atom. The van der Waals surface area contributed by atoms with Crippen LogP contribution >= 0.6 is 0 Å². The lowest BCUT2D eigenvalue weighted by atomic mass is 10.2. The van der Waals surface area contributed by atoms with Crippen LogP contribution in [0.15, 0.2) is 43.3 Å². The minimum Gasteiger partial charge on any atom is -0.367 e. The van der Waals surface area contributed by atoms with E-state index in [1.807, 2.05) is 0 Å². The Morgan fingerprint density at radius 1 is 1.43 bits per heavy atom. The van der Waals surface area contributed by atoms with Gasteiger partial charge in [-0.15, -0.1) is 5.11 Å². The molecule has 1 aromatic rings. The zero-order valence-electron chi connectivity index (χ0n) is 11.9. The third-order valence-electron chi connectivity index (χ3n) is 2.92. The van der Waals surface area contributed by atoms with Gasteiger partial charge in [0.05, 0.1) is 17.6 Å². The van der Waals surface area contributed by atoms with Gasteiger partial charge in [-0.3, -0.25) is 14.8 Å². The number of pyridine rings is 1. The molecule has 21 heavy (non-hydrogen) atoms. The molecule has 0 saturated carbocycles. The van der Waals surface area contributed by atoms with E-state index in [-0.39, 0.29) is 11.5 Å². The van der Waals surface area contributed by atoms with Gasteiger partial charge in [-0.2, -0.15) is 5.11 Å². The lowest BCUT2D eigenvalue weighted by Crippen LogP contribution is -2.08. The van der Waals surface area contributed by atoms with Crippen molar-refractivity contribution in [2.45, 2.75) is 26.2 Å². The van der Waals surface area contributed by atoms with Gasteiger partial charge in [0.2, 0.25) is 11.5 Å². The molecule has 2 rings (SSSR count). The lowest BCUT2D eigenvalue weighted by Gasteiger charge is -1.96. The number of fused-ring (bicyclic) bond motifs is 1. The summed E-state index contributed by atoms with van der Waals surface area (Å²) in [5.74, 6) is 0.152. The van der Waals surface area contributed by atoms with Gasteiger partial charge in [-0.05, 0) is 12.5 Å². The molecule has 1 aliphatic heterocycles. The van der Waals surface area contributed by atoms with Crippen LogP contribution in [0.3, 0.4) is 0 Å². The average molecular weight is 286 g/mol. The number of H-pyrrole nitrogens is 1. The summed E-state index contributed by atoms with van der Waals surface area (Å²) in [5, 5.41) is 7.68. The van der Waals surface area contributed by atoms with Crippen LogP contribution in [0.25, 0.3) is 5.57 Å². The fraction of sp³-hybridized carbons (Fsp3) is 0.357. The molecule has 0 bridgehead atoms. The molecule has 0 amide bonds. The summed E-state index contributed by atoms with van der Waals surface area (Å²) >= 11 is 0. The molecule has 2 heterocycles. The summed E-state index contributed by atoms with van der Waals surface area (Å²) < 4.78 is 0. The van der Waals surface area contributed by atoms with Gasteiger partial charge < -0.3 is 10.7 Å². The van der Waals surface area contributed by atoms with Crippen molar-refractivity contribution >= 4 is 23.4 Å². The highest BCUT2D eigenvalue weighted by Gasteiger charge is 2.12. The molecule has 0 saturated heterocycles. The number of aliphatic imine (C=N–C) groups is 2. The van der Waals surface area contributed by atoms with Crippen LogP contribution in [0, 0.1) is 0 Å². The molecule has 110 valence electrons. The molecule has 7 nitrogen and oxygen atoms in total. The van der Waals surface area contributed by atoms with E-state index >= 15 is 0 Å². The molecule has 1 aliphatic rings. The summed E-state index contributed by atoms with van der Waals surface area (Å²) in [6.07, 6.45) is 6.38. The van der Waals surface area contributed by atoms with Crippen LogP contribution in [0.5, 0.6) is 0 Å². The van der Waals surface area contributed by atoms with Crippen molar-refractivity contribution in [2.24, 2.45) is 25.9 Å². The van der Waals surface area contributed by atoms with Crippen molar-refractivity contribution in [3.05, 3.63) is 34.4 Å². The summed E-state index contributed by atoms with van der Waals surface area (Å²) in [6.45, 7) is 2.79. The number of nitrogens with two attached hydrogens (primary N) is 1. The van der Waals surface area contributed by atoms with E-state index in [1.165, 1.54) is 12.3 Å². The van der Waals surface area contributed by atoms with Crippen molar-refractivity contribution in [3.63, 3.8) is 0 Å². The number of nitrogens with one attached hydrogen (secondary N) is 1. The van der Waals surface area contributed by atoms with Gasteiger partial charge in [-0.25, -0.2) is 0 Å². The molecule has 0 aromatic carbocycles. The van der Waals surface area contributed by atoms with Crippen molar-refractivity contribution in [2.75, 3.05) is 6.54 Å². The van der Waals surface area contributed by atoms with Crippen molar-refractivity contribution < 1.29 is 0 Å². The number of aromatic amines is 1. The van der Waals surface area contributed by atoms with Gasteiger partial charge >= 0.3 is 0 Å². The van der Waals surface area contributed by atoms with Crippen molar-refractivity contribution in [1.82, 2.24) is 4.98 Å². The number of aromatic nitrogens is 1. The largest absolute Gasteiger partial charge is 0.367 e. The second-order valence-electron chi connectivity index (χ2n) is 4.59. The maximum Gasteiger partial charge on any atom is 0.248 e. The maximum absolute atomic E-state index is 11.3. The first-order valence-electron chi connectivity index (χ1n) is 6.89. The molecule has 0 atom stereocenters. The number of hydrogen-bond acceptors (Lipinski definition) is 4. The van der Waals surface area contributed by atoms with E-state index < -0.39 is 0 Å². The normalized spacial score (nSPS) is 16.0. The summed E-state index contributed by atoms with van der Waals surface area (Å²) in [6, 6.07) is 3.09. The van der Waals surface area contributed by atoms with Gasteiger partial charge in [0.1, 0.15) is 0 Å². The van der Waals surface area contributed by atoms with Gasteiger partial charge in [-0.1, -0.05) is 19.8 Å². The maximum atomic E-state index is 11.3. The first-order chi connectivity index (χ1) is 10.2. The smallest absolute Gasteiger partial charge is 0.248 e. The molecule has 0 unspecified atom stereocenters. The van der Waals surface area contributed by atoms with Crippen LogP contribution in [-0.4, -0.2) is 23.7 Å². The monoisotopic (exact) mass is 286 g/mol. The highest BCUT2D eigenvalue weighted by Crippen LogP contribution is 2.27. The van der Waals surface area contributed by atoms with E-state index in [0.29, 0.717) is 23.5 Å². The molecular weight excluding hydrogens is 268 g/mol. The van der Waals surface area contributed by atoms with Crippen LogP contribution in [0.4, 0.5) is 5.69 Å². The fourth-order valence-electron chi connectivity index (χ4n) is 1.83. The lowest BCUT2D eigenvalue weighted by molar-refractivity contribution is 0.727. The topological polar surface area (TPSA) is 108 Å². The SMILES string of the molecule is CCCCCN=C(N)N=NC=C1C=Nc2ccc(=O)[nH]c21. The Kier molecular flexibility index (Phi) is 5.14. The molecule has 7 heteroatoms. The molecule has 1 aromatic heterocycles. The van der Waals surface area contributed by atoms with Crippen molar-refractivity contribution in [3.8, 4) is 0 Å². The molecular formula is C14H18N6O. The quantitative estimate of drug-likeness (QED) is 0.375. The molecule has 0 spiro atoms. The third-order valence-corrected chi connectivity index (χ3v) is 2.92. The predicted octanol–water partition coefficient (Wildman–Crippen LogP) is 2.39. The number of azo groups is 1. The number of nitrogens with zero attached hydrogens (tertiary/aromatic N) is 4. The number of hydrogen-bond donors (Lipinski definition) is 2. The Bertz CT molecular complexity index is 668.